The van der Waals surface area contributed by atoms with Crippen LogP contribution in [0.1, 0.15) is 17.3 Å². The van der Waals surface area contributed by atoms with Crippen LogP contribution in [-0.2, 0) is 4.79 Å². The molecule has 5 nitrogen and oxygen atoms in total. The van der Waals surface area contributed by atoms with Gasteiger partial charge in [0.1, 0.15) is 6.04 Å². The molecule has 0 aliphatic heterocycles. The van der Waals surface area contributed by atoms with Gasteiger partial charge in [-0.1, -0.05) is 12.1 Å². The van der Waals surface area contributed by atoms with Crippen LogP contribution in [0.25, 0.3) is 10.9 Å². The predicted molar refractivity (Wildman–Crippen MR) is 62.9 cm³/mol. The van der Waals surface area contributed by atoms with Crippen molar-refractivity contribution in [3.8, 4) is 0 Å². The van der Waals surface area contributed by atoms with Crippen molar-refractivity contribution >= 4 is 22.8 Å². The molecule has 0 radical (unpaired) electrons. The molecule has 3 N–H and O–H groups in total. The van der Waals surface area contributed by atoms with Crippen LogP contribution in [0.15, 0.2) is 30.5 Å². The first-order valence-corrected chi connectivity index (χ1v) is 5.19. The summed E-state index contributed by atoms with van der Waals surface area (Å²) in [5, 5.41) is 12.1. The molecule has 0 unspecified atom stereocenters. The van der Waals surface area contributed by atoms with Crippen LogP contribution in [0, 0.1) is 0 Å². The normalized spacial score (nSPS) is 12.3. The number of carbonyl (C=O) groups is 2. The lowest BCUT2D eigenvalue weighted by Crippen LogP contribution is -2.38. The fourth-order valence-electron chi connectivity index (χ4n) is 1.61. The highest BCUT2D eigenvalue weighted by Crippen LogP contribution is 2.16. The summed E-state index contributed by atoms with van der Waals surface area (Å²) < 4.78 is 0. The number of H-pyrrole nitrogens is 1. The van der Waals surface area contributed by atoms with Crippen LogP contribution >= 0.6 is 0 Å². The van der Waals surface area contributed by atoms with Crippen LogP contribution in [0.5, 0.6) is 0 Å². The highest BCUT2D eigenvalue weighted by molar-refractivity contribution is 6.06. The molecule has 1 atom stereocenters. The van der Waals surface area contributed by atoms with Crippen molar-refractivity contribution < 1.29 is 14.7 Å². The van der Waals surface area contributed by atoms with Crippen molar-refractivity contribution in [1.82, 2.24) is 10.3 Å². The van der Waals surface area contributed by atoms with Crippen LogP contribution in [0.2, 0.25) is 0 Å². The van der Waals surface area contributed by atoms with Gasteiger partial charge < -0.3 is 15.4 Å². The van der Waals surface area contributed by atoms with Crippen LogP contribution in [0.3, 0.4) is 0 Å². The van der Waals surface area contributed by atoms with E-state index in [0.717, 1.165) is 5.39 Å². The zero-order valence-corrected chi connectivity index (χ0v) is 9.23. The first kappa shape index (κ1) is 11.2. The van der Waals surface area contributed by atoms with E-state index < -0.39 is 17.9 Å². The van der Waals surface area contributed by atoms with E-state index in [-0.39, 0.29) is 0 Å². The molecule has 2 rings (SSSR count). The third-order valence-electron chi connectivity index (χ3n) is 2.55. The van der Waals surface area contributed by atoms with Gasteiger partial charge in [-0.05, 0) is 19.1 Å². The van der Waals surface area contributed by atoms with Gasteiger partial charge >= 0.3 is 5.97 Å². The quantitative estimate of drug-likeness (QED) is 0.747. The molecule has 0 spiro atoms. The van der Waals surface area contributed by atoms with Gasteiger partial charge in [-0.3, -0.25) is 9.59 Å². The molecule has 1 aromatic carbocycles. The molecule has 1 amide bonds. The molecule has 88 valence electrons. The summed E-state index contributed by atoms with van der Waals surface area (Å²) in [4.78, 5) is 25.5. The first-order valence-electron chi connectivity index (χ1n) is 5.19. The minimum absolute atomic E-state index is 0.395. The third kappa shape index (κ3) is 2.13. The molecule has 0 saturated carbocycles. The number of para-hydroxylation sites is 1. The van der Waals surface area contributed by atoms with Gasteiger partial charge in [-0.15, -0.1) is 0 Å². The number of carbonyl (C=O) groups excluding carboxylic acids is 1. The second kappa shape index (κ2) is 4.29. The molecule has 0 bridgehead atoms. The molecule has 0 aliphatic carbocycles. The summed E-state index contributed by atoms with van der Waals surface area (Å²) in [6.07, 6.45) is 1.74. The Hall–Kier alpha value is -2.30. The summed E-state index contributed by atoms with van der Waals surface area (Å²) in [5.41, 5.74) is 1.16. The minimum Gasteiger partial charge on any atom is -0.480 e. The van der Waals surface area contributed by atoms with Gasteiger partial charge in [0.05, 0.1) is 11.1 Å². The molecule has 1 aromatic heterocycles. The molecule has 0 saturated heterocycles. The number of aromatic amines is 1. The number of hydrogen-bond donors (Lipinski definition) is 3. The Morgan fingerprint density at radius 1 is 1.35 bits per heavy atom. The minimum atomic E-state index is -1.06. The Morgan fingerprint density at radius 3 is 2.82 bits per heavy atom. The van der Waals surface area contributed by atoms with Gasteiger partial charge in [-0.2, -0.15) is 0 Å². The maximum Gasteiger partial charge on any atom is 0.325 e. The van der Waals surface area contributed by atoms with Crippen LogP contribution in [0.4, 0.5) is 0 Å². The largest absolute Gasteiger partial charge is 0.480 e. The zero-order chi connectivity index (χ0) is 12.4. The maximum absolute atomic E-state index is 11.9. The van der Waals surface area contributed by atoms with Gasteiger partial charge in [-0.25, -0.2) is 0 Å². The molecular weight excluding hydrogens is 220 g/mol. The second-order valence-corrected chi connectivity index (χ2v) is 3.78. The predicted octanol–water partition coefficient (Wildman–Crippen LogP) is 1.37. The second-order valence-electron chi connectivity index (χ2n) is 3.78. The average Bonchev–Trinajstić information content (AvgIpc) is 2.76. The van der Waals surface area contributed by atoms with Crippen molar-refractivity contribution in [3.05, 3.63) is 36.0 Å². The number of aliphatic carboxylic acids is 1. The summed E-state index contributed by atoms with van der Waals surface area (Å²) in [5.74, 6) is -1.45. The summed E-state index contributed by atoms with van der Waals surface area (Å²) in [6, 6.07) is 6.24. The molecule has 5 heteroatoms. The number of nitrogens with one attached hydrogen (secondary N) is 2. The average molecular weight is 232 g/mol. The van der Waals surface area contributed by atoms with E-state index >= 15 is 0 Å². The Morgan fingerprint density at radius 2 is 2.12 bits per heavy atom. The van der Waals surface area contributed by atoms with Crippen LogP contribution in [-0.4, -0.2) is 28.0 Å². The maximum atomic E-state index is 11.9. The van der Waals surface area contributed by atoms with Crippen molar-refractivity contribution in [1.29, 1.82) is 0 Å². The smallest absolute Gasteiger partial charge is 0.325 e. The van der Waals surface area contributed by atoms with Gasteiger partial charge in [0.2, 0.25) is 0 Å². The SMILES string of the molecule is C[C@H](NC(=O)c1cccc2cc[nH]c12)C(=O)O. The van der Waals surface area contributed by atoms with E-state index in [1.807, 2.05) is 12.1 Å². The fourth-order valence-corrected chi connectivity index (χ4v) is 1.61. The summed E-state index contributed by atoms with van der Waals surface area (Å²) in [6.45, 7) is 1.43. The van der Waals surface area contributed by atoms with Crippen molar-refractivity contribution in [2.24, 2.45) is 0 Å². The lowest BCUT2D eigenvalue weighted by molar-refractivity contribution is -0.138. The number of aromatic nitrogens is 1. The van der Waals surface area contributed by atoms with E-state index in [0.29, 0.717) is 11.1 Å². The van der Waals surface area contributed by atoms with Crippen molar-refractivity contribution in [2.75, 3.05) is 0 Å². The Bertz CT molecular complexity index is 574. The molecule has 17 heavy (non-hydrogen) atoms. The Labute approximate surface area is 97.4 Å². The topological polar surface area (TPSA) is 82.2 Å². The summed E-state index contributed by atoms with van der Waals surface area (Å²) >= 11 is 0. The lowest BCUT2D eigenvalue weighted by Gasteiger charge is -2.09. The van der Waals surface area contributed by atoms with Gasteiger partial charge in [0.25, 0.3) is 5.91 Å². The molecule has 2 aromatic rings. The van der Waals surface area contributed by atoms with Gasteiger partial charge in [0.15, 0.2) is 0 Å². The Balaban J connectivity index is 2.30. The van der Waals surface area contributed by atoms with E-state index in [4.69, 9.17) is 5.11 Å². The number of benzene rings is 1. The van der Waals surface area contributed by atoms with Crippen molar-refractivity contribution in [3.63, 3.8) is 0 Å². The zero-order valence-electron chi connectivity index (χ0n) is 9.23. The number of carboxylic acids is 1. The monoisotopic (exact) mass is 232 g/mol. The molecule has 0 aliphatic rings. The number of amides is 1. The summed E-state index contributed by atoms with van der Waals surface area (Å²) in [7, 11) is 0. The number of carboxylic acid groups (broad SMARTS) is 1. The van der Waals surface area contributed by atoms with E-state index in [2.05, 4.69) is 10.3 Å². The lowest BCUT2D eigenvalue weighted by atomic mass is 10.1. The number of fused-ring (bicyclic) bond motifs is 1. The molecule has 0 fully saturated rings. The highest BCUT2D eigenvalue weighted by atomic mass is 16.4. The standard InChI is InChI=1S/C12H12N2O3/c1-7(12(16)17)14-11(15)9-4-2-3-8-5-6-13-10(8)9/h2-7,13H,1H3,(H,14,15)(H,16,17)/t7-/m0/s1. The van der Waals surface area contributed by atoms with E-state index in [9.17, 15) is 9.59 Å². The molecule has 1 heterocycles. The number of rotatable bonds is 3. The van der Waals surface area contributed by atoms with Crippen LogP contribution < -0.4 is 5.32 Å². The van der Waals surface area contributed by atoms with E-state index in [1.54, 1.807) is 18.3 Å². The molecular formula is C12H12N2O3. The van der Waals surface area contributed by atoms with E-state index in [1.165, 1.54) is 6.92 Å². The van der Waals surface area contributed by atoms with Crippen molar-refractivity contribution in [2.45, 2.75) is 13.0 Å². The third-order valence-corrected chi connectivity index (χ3v) is 2.55. The Kier molecular flexibility index (Phi) is 2.82. The fraction of sp³-hybridized carbons (Fsp3) is 0.167. The van der Waals surface area contributed by atoms with Gasteiger partial charge in [0, 0.05) is 11.6 Å². The first-order chi connectivity index (χ1) is 8.09. The highest BCUT2D eigenvalue weighted by Gasteiger charge is 2.17. The number of hydrogen-bond acceptors (Lipinski definition) is 2.